The molecule has 1 saturated heterocycles. The first-order valence-corrected chi connectivity index (χ1v) is 4.77. The number of aromatic nitrogens is 2. The van der Waals surface area contributed by atoms with Gasteiger partial charge in [-0.25, -0.2) is 4.98 Å². The molecule has 1 aromatic heterocycles. The van der Waals surface area contributed by atoms with Crippen LogP contribution in [0, 0.1) is 0 Å². The molecule has 2 rings (SSSR count). The fourth-order valence-electron chi connectivity index (χ4n) is 1.19. The van der Waals surface area contributed by atoms with Crippen molar-refractivity contribution in [3.8, 4) is 5.88 Å². The lowest BCUT2D eigenvalue weighted by Crippen LogP contribution is -2.50. The first-order valence-electron chi connectivity index (χ1n) is 4.39. The lowest BCUT2D eigenvalue weighted by Gasteiger charge is -2.27. The van der Waals surface area contributed by atoms with Gasteiger partial charge in [0, 0.05) is 19.6 Å². The topological polar surface area (TPSA) is 39.1 Å². The Kier molecular flexibility index (Phi) is 2.42. The van der Waals surface area contributed by atoms with Crippen molar-refractivity contribution in [1.82, 2.24) is 14.9 Å². The zero-order chi connectivity index (χ0) is 9.26. The minimum Gasteiger partial charge on any atom is -0.471 e. The van der Waals surface area contributed by atoms with E-state index >= 15 is 0 Å². The molecule has 1 aliphatic heterocycles. The minimum absolute atomic E-state index is 0.250. The zero-order valence-corrected chi connectivity index (χ0v) is 8.21. The van der Waals surface area contributed by atoms with Gasteiger partial charge < -0.3 is 14.6 Å². The average molecular weight is 202 g/mol. The molecule has 5 heteroatoms. The Morgan fingerprint density at radius 3 is 3.08 bits per heavy atom. The number of rotatable bonds is 3. The standard InChI is InChI=1S/C8H12ClN3O/c1-2-12-5-11-7(9)8(12)13-6-3-10-4-6/h5-6,10H,2-4H2,1H3. The fourth-order valence-corrected chi connectivity index (χ4v) is 1.39. The fraction of sp³-hybridized carbons (Fsp3) is 0.625. The molecule has 72 valence electrons. The number of nitrogens with zero attached hydrogens (tertiary/aromatic N) is 2. The molecular formula is C8H12ClN3O. The number of ether oxygens (including phenoxy) is 1. The summed E-state index contributed by atoms with van der Waals surface area (Å²) >= 11 is 5.87. The number of halogens is 1. The molecule has 0 amide bonds. The minimum atomic E-state index is 0.250. The van der Waals surface area contributed by atoms with Crippen LogP contribution in [0.25, 0.3) is 0 Å². The third kappa shape index (κ3) is 1.64. The van der Waals surface area contributed by atoms with Crippen LogP contribution in [0.3, 0.4) is 0 Å². The van der Waals surface area contributed by atoms with Crippen molar-refractivity contribution in [2.75, 3.05) is 13.1 Å². The van der Waals surface area contributed by atoms with Crippen LogP contribution in [0.15, 0.2) is 6.33 Å². The highest BCUT2D eigenvalue weighted by Crippen LogP contribution is 2.24. The second kappa shape index (κ2) is 3.55. The van der Waals surface area contributed by atoms with E-state index in [0.717, 1.165) is 19.6 Å². The third-order valence-electron chi connectivity index (χ3n) is 2.11. The molecular weight excluding hydrogens is 190 g/mol. The molecule has 1 aliphatic rings. The van der Waals surface area contributed by atoms with E-state index in [-0.39, 0.29) is 6.10 Å². The second-order valence-electron chi connectivity index (χ2n) is 3.02. The van der Waals surface area contributed by atoms with Gasteiger partial charge in [-0.15, -0.1) is 0 Å². The van der Waals surface area contributed by atoms with Crippen LogP contribution in [0.5, 0.6) is 5.88 Å². The van der Waals surface area contributed by atoms with Gasteiger partial charge in [0.25, 0.3) is 0 Å². The molecule has 0 spiro atoms. The van der Waals surface area contributed by atoms with Crippen molar-refractivity contribution >= 4 is 11.6 Å². The van der Waals surface area contributed by atoms with Gasteiger partial charge in [0.1, 0.15) is 6.10 Å². The summed E-state index contributed by atoms with van der Waals surface area (Å²) in [7, 11) is 0. The van der Waals surface area contributed by atoms with Crippen LogP contribution in [0.2, 0.25) is 5.15 Å². The van der Waals surface area contributed by atoms with Crippen LogP contribution < -0.4 is 10.1 Å². The molecule has 1 aromatic rings. The summed E-state index contributed by atoms with van der Waals surface area (Å²) in [6, 6.07) is 0. The maximum atomic E-state index is 5.87. The molecule has 1 fully saturated rings. The summed E-state index contributed by atoms with van der Waals surface area (Å²) in [4.78, 5) is 3.98. The first-order chi connectivity index (χ1) is 6.31. The SMILES string of the molecule is CCn1cnc(Cl)c1OC1CNC1. The molecule has 0 aromatic carbocycles. The molecule has 2 heterocycles. The maximum Gasteiger partial charge on any atom is 0.233 e. The Morgan fingerprint density at radius 1 is 1.77 bits per heavy atom. The summed E-state index contributed by atoms with van der Waals surface area (Å²) in [5.41, 5.74) is 0. The molecule has 0 radical (unpaired) electrons. The van der Waals surface area contributed by atoms with Gasteiger partial charge in [-0.3, -0.25) is 0 Å². The van der Waals surface area contributed by atoms with E-state index in [0.29, 0.717) is 11.0 Å². The van der Waals surface area contributed by atoms with Crippen molar-refractivity contribution in [2.45, 2.75) is 19.6 Å². The largest absolute Gasteiger partial charge is 0.471 e. The quantitative estimate of drug-likeness (QED) is 0.790. The van der Waals surface area contributed by atoms with Crippen LogP contribution in [-0.2, 0) is 6.54 Å². The normalized spacial score (nSPS) is 17.1. The molecule has 4 nitrogen and oxygen atoms in total. The van der Waals surface area contributed by atoms with E-state index in [1.807, 2.05) is 11.5 Å². The van der Waals surface area contributed by atoms with Crippen molar-refractivity contribution in [3.05, 3.63) is 11.5 Å². The Bertz CT molecular complexity index is 296. The van der Waals surface area contributed by atoms with Crippen LogP contribution in [0.4, 0.5) is 0 Å². The van der Waals surface area contributed by atoms with Gasteiger partial charge in [0.2, 0.25) is 5.88 Å². The van der Waals surface area contributed by atoms with Crippen molar-refractivity contribution in [1.29, 1.82) is 0 Å². The van der Waals surface area contributed by atoms with Crippen LogP contribution >= 0.6 is 11.6 Å². The second-order valence-corrected chi connectivity index (χ2v) is 3.38. The predicted molar refractivity (Wildman–Crippen MR) is 50.2 cm³/mol. The third-order valence-corrected chi connectivity index (χ3v) is 2.37. The highest BCUT2D eigenvalue weighted by Gasteiger charge is 2.21. The summed E-state index contributed by atoms with van der Waals surface area (Å²) < 4.78 is 7.55. The maximum absolute atomic E-state index is 5.87. The smallest absolute Gasteiger partial charge is 0.233 e. The molecule has 0 unspecified atom stereocenters. The summed E-state index contributed by atoms with van der Waals surface area (Å²) in [5, 5.41) is 3.59. The Hall–Kier alpha value is -0.740. The summed E-state index contributed by atoms with van der Waals surface area (Å²) in [5.74, 6) is 0.690. The van der Waals surface area contributed by atoms with Gasteiger partial charge >= 0.3 is 0 Å². The lowest BCUT2D eigenvalue weighted by atomic mass is 10.2. The van der Waals surface area contributed by atoms with Crippen molar-refractivity contribution < 1.29 is 4.74 Å². The summed E-state index contributed by atoms with van der Waals surface area (Å²) in [6.45, 7) is 4.65. The van der Waals surface area contributed by atoms with Crippen LogP contribution in [-0.4, -0.2) is 28.7 Å². The highest BCUT2D eigenvalue weighted by molar-refractivity contribution is 6.30. The molecule has 1 N–H and O–H groups in total. The summed E-state index contributed by atoms with van der Waals surface area (Å²) in [6.07, 6.45) is 1.95. The molecule has 0 aliphatic carbocycles. The van der Waals surface area contributed by atoms with E-state index in [2.05, 4.69) is 10.3 Å². The Morgan fingerprint density at radius 2 is 2.54 bits per heavy atom. The monoisotopic (exact) mass is 201 g/mol. The number of imidazole rings is 1. The molecule has 0 atom stereocenters. The zero-order valence-electron chi connectivity index (χ0n) is 7.46. The number of aryl methyl sites for hydroxylation is 1. The van der Waals surface area contributed by atoms with E-state index in [4.69, 9.17) is 16.3 Å². The Labute approximate surface area is 81.9 Å². The van der Waals surface area contributed by atoms with Gasteiger partial charge in [0.05, 0.1) is 6.33 Å². The predicted octanol–water partition coefficient (Wildman–Crippen LogP) is 0.907. The van der Waals surface area contributed by atoms with Gasteiger partial charge in [-0.05, 0) is 6.92 Å². The number of hydrogen-bond acceptors (Lipinski definition) is 3. The molecule has 0 bridgehead atoms. The number of nitrogens with one attached hydrogen (secondary N) is 1. The highest BCUT2D eigenvalue weighted by atomic mass is 35.5. The van der Waals surface area contributed by atoms with Gasteiger partial charge in [0.15, 0.2) is 5.15 Å². The molecule has 13 heavy (non-hydrogen) atoms. The van der Waals surface area contributed by atoms with Crippen molar-refractivity contribution in [2.24, 2.45) is 0 Å². The van der Waals surface area contributed by atoms with E-state index in [9.17, 15) is 0 Å². The first kappa shape index (κ1) is 8.84. The molecule has 0 saturated carbocycles. The van der Waals surface area contributed by atoms with Gasteiger partial charge in [-0.2, -0.15) is 0 Å². The van der Waals surface area contributed by atoms with Crippen LogP contribution in [0.1, 0.15) is 6.92 Å². The van der Waals surface area contributed by atoms with E-state index < -0.39 is 0 Å². The Balaban J connectivity index is 2.11. The van der Waals surface area contributed by atoms with E-state index in [1.165, 1.54) is 0 Å². The van der Waals surface area contributed by atoms with Crippen molar-refractivity contribution in [3.63, 3.8) is 0 Å². The lowest BCUT2D eigenvalue weighted by molar-refractivity contribution is 0.130. The van der Waals surface area contributed by atoms with E-state index in [1.54, 1.807) is 6.33 Å². The average Bonchev–Trinajstić information content (AvgIpc) is 2.39. The van der Waals surface area contributed by atoms with Gasteiger partial charge in [-0.1, -0.05) is 11.6 Å². The number of hydrogen-bond donors (Lipinski definition) is 1.